The van der Waals surface area contributed by atoms with Gasteiger partial charge in [0.15, 0.2) is 11.5 Å². The number of aromatic hydroxyl groups is 1. The molecule has 0 spiro atoms. The van der Waals surface area contributed by atoms with Crippen LogP contribution in [0.2, 0.25) is 0 Å². The Bertz CT molecular complexity index is 972. The summed E-state index contributed by atoms with van der Waals surface area (Å²) in [4.78, 5) is 30.0. The molecule has 1 N–H and O–H groups in total. The summed E-state index contributed by atoms with van der Waals surface area (Å²) in [5, 5.41) is 10.00. The first-order valence-corrected chi connectivity index (χ1v) is 10.9. The number of carbonyl (C=O) groups is 2. The number of ether oxygens (including phenoxy) is 1. The van der Waals surface area contributed by atoms with Crippen LogP contribution in [0.25, 0.3) is 6.08 Å². The second-order valence-electron chi connectivity index (χ2n) is 8.25. The Balaban J connectivity index is 1.39. The smallest absolute Gasteiger partial charge is 0.164 e. The van der Waals surface area contributed by atoms with E-state index in [0.29, 0.717) is 25.2 Å². The van der Waals surface area contributed by atoms with Crippen molar-refractivity contribution in [3.8, 4) is 11.5 Å². The van der Waals surface area contributed by atoms with Crippen LogP contribution in [0.3, 0.4) is 0 Å². The Hall–Kier alpha value is -2.82. The van der Waals surface area contributed by atoms with Crippen molar-refractivity contribution in [2.75, 3.05) is 6.61 Å². The van der Waals surface area contributed by atoms with E-state index in [9.17, 15) is 14.7 Å². The molecule has 2 heterocycles. The summed E-state index contributed by atoms with van der Waals surface area (Å²) >= 11 is 0. The number of allylic oxidation sites excluding steroid dienone is 1. The summed E-state index contributed by atoms with van der Waals surface area (Å²) in [5.74, 6) is 0.532. The Morgan fingerprint density at radius 3 is 2.97 bits per heavy atom. The third-order valence-corrected chi connectivity index (χ3v) is 6.23. The number of aryl methyl sites for hydroxylation is 1. The van der Waals surface area contributed by atoms with E-state index < -0.39 is 0 Å². The molecule has 4 rings (SSSR count). The van der Waals surface area contributed by atoms with E-state index in [1.54, 1.807) is 12.3 Å². The fourth-order valence-corrected chi connectivity index (χ4v) is 4.73. The van der Waals surface area contributed by atoms with Gasteiger partial charge in [0.1, 0.15) is 11.6 Å². The number of phenols is 1. The van der Waals surface area contributed by atoms with Crippen molar-refractivity contribution in [1.29, 1.82) is 0 Å². The number of benzene rings is 1. The van der Waals surface area contributed by atoms with Gasteiger partial charge in [-0.15, -0.1) is 5.69 Å². The number of hydrogen-bond donors (Lipinski definition) is 1. The molecule has 0 amide bonds. The van der Waals surface area contributed by atoms with Gasteiger partial charge in [0, 0.05) is 17.9 Å². The van der Waals surface area contributed by atoms with E-state index in [1.165, 1.54) is 0 Å². The zero-order chi connectivity index (χ0) is 21.1. The van der Waals surface area contributed by atoms with Gasteiger partial charge in [-0.3, -0.25) is 9.59 Å². The Labute approximate surface area is 177 Å². The van der Waals surface area contributed by atoms with Crippen molar-refractivity contribution in [3.63, 3.8) is 0 Å². The van der Waals surface area contributed by atoms with Gasteiger partial charge in [-0.2, -0.15) is 6.20 Å². The minimum atomic E-state index is -0.250. The van der Waals surface area contributed by atoms with Crippen LogP contribution >= 0.6 is 0 Å². The normalized spacial score (nSPS) is 19.6. The maximum Gasteiger partial charge on any atom is 0.164 e. The number of carbonyl (C=O) groups excluding carboxylic acids is 2. The van der Waals surface area contributed by atoms with Crippen LogP contribution in [0.15, 0.2) is 30.5 Å². The number of aromatic nitrogens is 1. The number of hydrogen-bond acceptors (Lipinski definition) is 4. The van der Waals surface area contributed by atoms with Crippen molar-refractivity contribution < 1.29 is 19.4 Å². The molecule has 5 nitrogen and oxygen atoms in total. The molecule has 1 aliphatic heterocycles. The average Bonchev–Trinajstić information content (AvgIpc) is 3.23. The third-order valence-electron chi connectivity index (χ3n) is 6.23. The van der Waals surface area contributed by atoms with E-state index in [0.717, 1.165) is 48.1 Å². The summed E-state index contributed by atoms with van der Waals surface area (Å²) in [7, 11) is 0. The van der Waals surface area contributed by atoms with Crippen LogP contribution in [0.1, 0.15) is 67.3 Å². The lowest BCUT2D eigenvalue weighted by Gasteiger charge is -2.29. The van der Waals surface area contributed by atoms with E-state index >= 15 is 0 Å². The molecule has 1 aromatic carbocycles. The molecular weight excluding hydrogens is 378 g/mol. The second kappa shape index (κ2) is 8.90. The quantitative estimate of drug-likeness (QED) is 0.659. The van der Waals surface area contributed by atoms with Gasteiger partial charge in [-0.1, -0.05) is 43.2 Å². The van der Waals surface area contributed by atoms with E-state index in [4.69, 9.17) is 4.74 Å². The first-order valence-electron chi connectivity index (χ1n) is 10.9. The van der Waals surface area contributed by atoms with Gasteiger partial charge in [0.05, 0.1) is 13.0 Å². The van der Waals surface area contributed by atoms with Crippen molar-refractivity contribution in [3.05, 3.63) is 52.9 Å². The third kappa shape index (κ3) is 4.07. The molecule has 2 aromatic rings. The van der Waals surface area contributed by atoms with Crippen LogP contribution in [-0.4, -0.2) is 23.3 Å². The van der Waals surface area contributed by atoms with Gasteiger partial charge >= 0.3 is 0 Å². The lowest BCUT2D eigenvalue weighted by atomic mass is 9.76. The van der Waals surface area contributed by atoms with Gasteiger partial charge < -0.3 is 14.8 Å². The summed E-state index contributed by atoms with van der Waals surface area (Å²) in [5.41, 5.74) is 4.09. The molecule has 0 saturated heterocycles. The van der Waals surface area contributed by atoms with Gasteiger partial charge in [0.25, 0.3) is 0 Å². The van der Waals surface area contributed by atoms with Crippen molar-refractivity contribution >= 4 is 17.6 Å². The fraction of sp³-hybridized carbons (Fsp3) is 0.440. The highest BCUT2D eigenvalue weighted by Crippen LogP contribution is 2.38. The molecule has 158 valence electrons. The molecule has 0 bridgehead atoms. The standard InChI is InChI=1S/C25H28NO4/c1-2-4-19-20-12-13-26-22(20)10-9-21(19)24(29)15-17(27)8-6-16-7-11-23(28)25-18(16)5-3-14-30-25/h7,9-13,19,21,28H,2-6,8,14-15H2,1H3/q-1. The SMILES string of the molecule is CCCC1c2cc[n-]c2C=CC1C(=O)CC(=O)CCc1ccc(O)c2c1CCCO2. The summed E-state index contributed by atoms with van der Waals surface area (Å²) < 4.78 is 5.60. The van der Waals surface area contributed by atoms with Gasteiger partial charge in [-0.25, -0.2) is 0 Å². The monoisotopic (exact) mass is 406 g/mol. The minimum absolute atomic E-state index is 0.00221. The maximum atomic E-state index is 13.0. The molecule has 1 aromatic heterocycles. The number of ketones is 2. The molecule has 1 aliphatic carbocycles. The fourth-order valence-electron chi connectivity index (χ4n) is 4.73. The van der Waals surface area contributed by atoms with Crippen LogP contribution < -0.4 is 9.72 Å². The highest BCUT2D eigenvalue weighted by Gasteiger charge is 2.30. The topological polar surface area (TPSA) is 77.7 Å². The summed E-state index contributed by atoms with van der Waals surface area (Å²) in [6.07, 6.45) is 10.1. The Morgan fingerprint density at radius 2 is 2.13 bits per heavy atom. The van der Waals surface area contributed by atoms with Crippen molar-refractivity contribution in [2.45, 2.75) is 57.8 Å². The molecule has 30 heavy (non-hydrogen) atoms. The molecule has 2 atom stereocenters. The molecule has 5 heteroatoms. The maximum absolute atomic E-state index is 13.0. The Morgan fingerprint density at radius 1 is 1.27 bits per heavy atom. The summed E-state index contributed by atoms with van der Waals surface area (Å²) in [6, 6.07) is 5.49. The van der Waals surface area contributed by atoms with Crippen molar-refractivity contribution in [2.24, 2.45) is 5.92 Å². The minimum Gasteiger partial charge on any atom is -0.664 e. The molecule has 0 fully saturated rings. The first kappa shape index (κ1) is 20.5. The van der Waals surface area contributed by atoms with Gasteiger partial charge in [-0.05, 0) is 43.2 Å². The lowest BCUT2D eigenvalue weighted by Crippen LogP contribution is -2.25. The van der Waals surface area contributed by atoms with Crippen molar-refractivity contribution in [1.82, 2.24) is 4.98 Å². The molecular formula is C25H28NO4-. The van der Waals surface area contributed by atoms with E-state index in [2.05, 4.69) is 11.9 Å². The van der Waals surface area contributed by atoms with Crippen LogP contribution in [0.4, 0.5) is 0 Å². The number of Topliss-reactive ketones (excluding diaryl/α,β-unsaturated/α-hetero) is 2. The molecule has 0 radical (unpaired) electrons. The second-order valence-corrected chi connectivity index (χ2v) is 8.25. The molecule has 2 aliphatic rings. The summed E-state index contributed by atoms with van der Waals surface area (Å²) in [6.45, 7) is 2.72. The van der Waals surface area contributed by atoms with E-state index in [1.807, 2.05) is 24.3 Å². The van der Waals surface area contributed by atoms with Crippen LogP contribution in [-0.2, 0) is 22.4 Å². The molecule has 2 unspecified atom stereocenters. The first-order chi connectivity index (χ1) is 14.6. The average molecular weight is 407 g/mol. The Kier molecular flexibility index (Phi) is 6.07. The number of rotatable bonds is 8. The highest BCUT2D eigenvalue weighted by molar-refractivity contribution is 6.01. The number of phenolic OH excluding ortho intramolecular Hbond substituents is 1. The highest BCUT2D eigenvalue weighted by atomic mass is 16.5. The lowest BCUT2D eigenvalue weighted by molar-refractivity contribution is -0.128. The molecule has 0 saturated carbocycles. The van der Waals surface area contributed by atoms with E-state index in [-0.39, 0.29) is 35.6 Å². The zero-order valence-electron chi connectivity index (χ0n) is 17.4. The predicted molar refractivity (Wildman–Crippen MR) is 115 cm³/mol. The largest absolute Gasteiger partial charge is 0.664 e. The number of nitrogens with zero attached hydrogens (tertiary/aromatic N) is 1. The zero-order valence-corrected chi connectivity index (χ0v) is 17.4. The van der Waals surface area contributed by atoms with Gasteiger partial charge in [0.2, 0.25) is 0 Å². The van der Waals surface area contributed by atoms with Crippen LogP contribution in [0.5, 0.6) is 11.5 Å². The van der Waals surface area contributed by atoms with Crippen LogP contribution in [0, 0.1) is 5.92 Å². The predicted octanol–water partition coefficient (Wildman–Crippen LogP) is 4.36. The number of fused-ring (bicyclic) bond motifs is 2.